The normalized spacial score (nSPS) is 20.4. The van der Waals surface area contributed by atoms with E-state index in [1.807, 2.05) is 0 Å². The third kappa shape index (κ3) is 3.08. The van der Waals surface area contributed by atoms with Gasteiger partial charge in [0.15, 0.2) is 0 Å². The van der Waals surface area contributed by atoms with Crippen LogP contribution >= 0.6 is 0 Å². The number of likely N-dealkylation sites (tertiary alicyclic amines) is 1. The Bertz CT molecular complexity index is 338. The van der Waals surface area contributed by atoms with Crippen molar-refractivity contribution in [3.8, 4) is 0 Å². The van der Waals surface area contributed by atoms with Crippen LogP contribution in [0.1, 0.15) is 29.9 Å². The van der Waals surface area contributed by atoms with Crippen molar-refractivity contribution in [1.82, 2.24) is 4.90 Å². The molecule has 0 amide bonds. The molecule has 2 heteroatoms. The van der Waals surface area contributed by atoms with Crippen molar-refractivity contribution in [1.29, 1.82) is 0 Å². The second kappa shape index (κ2) is 5.65. The van der Waals surface area contributed by atoms with Gasteiger partial charge in [0.05, 0.1) is 6.61 Å². The first-order chi connectivity index (χ1) is 8.20. The lowest BCUT2D eigenvalue weighted by Crippen LogP contribution is -2.33. The molecule has 1 saturated heterocycles. The fourth-order valence-electron chi connectivity index (χ4n) is 2.77. The molecule has 0 aliphatic carbocycles. The second-order valence-corrected chi connectivity index (χ2v) is 5.34. The predicted octanol–water partition coefficient (Wildman–Crippen LogP) is 2.41. The highest BCUT2D eigenvalue weighted by atomic mass is 16.3. The molecule has 1 aliphatic rings. The summed E-state index contributed by atoms with van der Waals surface area (Å²) in [5.41, 5.74) is 2.58. The number of nitrogens with zero attached hydrogens (tertiary/aromatic N) is 1. The van der Waals surface area contributed by atoms with E-state index in [1.54, 1.807) is 0 Å². The maximum absolute atomic E-state index is 9.65. The molecule has 1 fully saturated rings. The molecule has 0 saturated carbocycles. The molecule has 2 rings (SSSR count). The van der Waals surface area contributed by atoms with Gasteiger partial charge in [-0.1, -0.05) is 29.8 Å². The third-order valence-corrected chi connectivity index (χ3v) is 4.03. The Balaban J connectivity index is 2.08. The van der Waals surface area contributed by atoms with Gasteiger partial charge < -0.3 is 10.0 Å². The van der Waals surface area contributed by atoms with Gasteiger partial charge in [0.2, 0.25) is 0 Å². The van der Waals surface area contributed by atoms with E-state index < -0.39 is 0 Å². The molecule has 0 radical (unpaired) electrons. The number of hydrogen-bond donors (Lipinski definition) is 1. The minimum atomic E-state index is 0.275. The summed E-state index contributed by atoms with van der Waals surface area (Å²) < 4.78 is 0. The fraction of sp³-hybridized carbons (Fsp3) is 0.600. The topological polar surface area (TPSA) is 23.5 Å². The molecule has 1 aliphatic heterocycles. The lowest BCUT2D eigenvalue weighted by molar-refractivity contribution is 0.156. The molecule has 0 bridgehead atoms. The summed E-state index contributed by atoms with van der Waals surface area (Å²) in [5.74, 6) is 0.961. The number of aliphatic hydroxyl groups excluding tert-OH is 1. The van der Waals surface area contributed by atoms with Crippen LogP contribution in [0.5, 0.6) is 0 Å². The number of rotatable bonds is 3. The Morgan fingerprint density at radius 3 is 2.35 bits per heavy atom. The van der Waals surface area contributed by atoms with Gasteiger partial charge in [-0.2, -0.15) is 0 Å². The van der Waals surface area contributed by atoms with Crippen molar-refractivity contribution in [2.24, 2.45) is 5.92 Å². The quantitative estimate of drug-likeness (QED) is 0.866. The molecule has 2 nitrogen and oxygen atoms in total. The molecule has 1 heterocycles. The van der Waals surface area contributed by atoms with E-state index in [0.29, 0.717) is 11.8 Å². The van der Waals surface area contributed by atoms with Crippen LogP contribution in [0.4, 0.5) is 0 Å². The number of aliphatic hydroxyl groups is 1. The maximum Gasteiger partial charge on any atom is 0.0502 e. The zero-order valence-electron chi connectivity index (χ0n) is 10.9. The largest absolute Gasteiger partial charge is 0.396 e. The van der Waals surface area contributed by atoms with Gasteiger partial charge in [-0.3, -0.25) is 0 Å². The van der Waals surface area contributed by atoms with Crippen molar-refractivity contribution >= 4 is 0 Å². The van der Waals surface area contributed by atoms with E-state index in [2.05, 4.69) is 43.1 Å². The fourth-order valence-corrected chi connectivity index (χ4v) is 2.77. The highest BCUT2D eigenvalue weighted by molar-refractivity contribution is 5.25. The molecule has 1 N–H and O–H groups in total. The molecule has 1 aromatic rings. The molecule has 0 aromatic heterocycles. The molecular weight excluding hydrogens is 210 g/mol. The Morgan fingerprint density at radius 2 is 1.82 bits per heavy atom. The van der Waals surface area contributed by atoms with E-state index in [0.717, 1.165) is 13.1 Å². The van der Waals surface area contributed by atoms with Crippen molar-refractivity contribution in [3.05, 3.63) is 35.4 Å². The minimum absolute atomic E-state index is 0.275. The van der Waals surface area contributed by atoms with E-state index in [9.17, 15) is 5.11 Å². The number of hydrogen-bond acceptors (Lipinski definition) is 2. The van der Waals surface area contributed by atoms with Crippen LogP contribution in [-0.4, -0.2) is 36.8 Å². The van der Waals surface area contributed by atoms with Crippen LogP contribution < -0.4 is 0 Å². The van der Waals surface area contributed by atoms with Gasteiger partial charge in [-0.25, -0.2) is 0 Å². The van der Waals surface area contributed by atoms with Gasteiger partial charge in [-0.15, -0.1) is 0 Å². The summed E-state index contributed by atoms with van der Waals surface area (Å²) in [6.45, 7) is 4.70. The average Bonchev–Trinajstić information content (AvgIpc) is 2.35. The highest BCUT2D eigenvalue weighted by Gasteiger charge is 2.25. The van der Waals surface area contributed by atoms with Gasteiger partial charge in [-0.05, 0) is 51.4 Å². The molecule has 17 heavy (non-hydrogen) atoms. The summed E-state index contributed by atoms with van der Waals surface area (Å²) in [6, 6.07) is 8.64. The Labute approximate surface area is 104 Å². The zero-order valence-corrected chi connectivity index (χ0v) is 10.9. The van der Waals surface area contributed by atoms with E-state index >= 15 is 0 Å². The molecule has 0 spiro atoms. The van der Waals surface area contributed by atoms with Crippen molar-refractivity contribution in [3.63, 3.8) is 0 Å². The molecule has 1 unspecified atom stereocenters. The van der Waals surface area contributed by atoms with Crippen LogP contribution in [-0.2, 0) is 0 Å². The summed E-state index contributed by atoms with van der Waals surface area (Å²) in [5, 5.41) is 9.65. The second-order valence-electron chi connectivity index (χ2n) is 5.34. The van der Waals surface area contributed by atoms with Crippen molar-refractivity contribution in [2.45, 2.75) is 25.7 Å². The molecular formula is C15H23NO. The summed E-state index contributed by atoms with van der Waals surface area (Å²) >= 11 is 0. The standard InChI is InChI=1S/C15H23NO/c1-12-3-5-13(6-4-12)15(11-17)14-7-9-16(2)10-8-14/h3-6,14-15,17H,7-11H2,1-2H3. The van der Waals surface area contributed by atoms with Gasteiger partial charge in [0, 0.05) is 5.92 Å². The number of benzene rings is 1. The Morgan fingerprint density at radius 1 is 1.24 bits per heavy atom. The molecule has 1 atom stereocenters. The van der Waals surface area contributed by atoms with Crippen LogP contribution in [0.25, 0.3) is 0 Å². The molecule has 1 aromatic carbocycles. The summed E-state index contributed by atoms with van der Waals surface area (Å²) in [4.78, 5) is 2.38. The van der Waals surface area contributed by atoms with Crippen LogP contribution in [0.3, 0.4) is 0 Å². The average molecular weight is 233 g/mol. The van der Waals surface area contributed by atoms with E-state index in [4.69, 9.17) is 0 Å². The van der Waals surface area contributed by atoms with Crippen LogP contribution in [0.2, 0.25) is 0 Å². The zero-order chi connectivity index (χ0) is 12.3. The predicted molar refractivity (Wildman–Crippen MR) is 71.2 cm³/mol. The smallest absolute Gasteiger partial charge is 0.0502 e. The number of aryl methyl sites for hydroxylation is 1. The lowest BCUT2D eigenvalue weighted by Gasteiger charge is -2.33. The monoisotopic (exact) mass is 233 g/mol. The van der Waals surface area contributed by atoms with Crippen LogP contribution in [0.15, 0.2) is 24.3 Å². The first-order valence-electron chi connectivity index (χ1n) is 6.56. The summed E-state index contributed by atoms with van der Waals surface area (Å²) in [6.07, 6.45) is 2.41. The first-order valence-corrected chi connectivity index (χ1v) is 6.56. The minimum Gasteiger partial charge on any atom is -0.396 e. The van der Waals surface area contributed by atoms with Gasteiger partial charge in [0.1, 0.15) is 0 Å². The summed E-state index contributed by atoms with van der Waals surface area (Å²) in [7, 11) is 2.18. The first kappa shape index (κ1) is 12.6. The Kier molecular flexibility index (Phi) is 4.19. The van der Waals surface area contributed by atoms with Gasteiger partial charge in [0.25, 0.3) is 0 Å². The van der Waals surface area contributed by atoms with Gasteiger partial charge >= 0.3 is 0 Å². The van der Waals surface area contributed by atoms with E-state index in [1.165, 1.54) is 24.0 Å². The molecule has 94 valence electrons. The maximum atomic E-state index is 9.65. The third-order valence-electron chi connectivity index (χ3n) is 4.03. The Hall–Kier alpha value is -0.860. The highest BCUT2D eigenvalue weighted by Crippen LogP contribution is 2.32. The van der Waals surface area contributed by atoms with E-state index in [-0.39, 0.29) is 6.61 Å². The number of piperidine rings is 1. The van der Waals surface area contributed by atoms with Crippen molar-refractivity contribution < 1.29 is 5.11 Å². The van der Waals surface area contributed by atoms with Crippen LogP contribution in [0, 0.1) is 12.8 Å². The SMILES string of the molecule is Cc1ccc(C(CO)C2CCN(C)CC2)cc1. The lowest BCUT2D eigenvalue weighted by atomic mass is 9.80. The van der Waals surface area contributed by atoms with Crippen molar-refractivity contribution in [2.75, 3.05) is 26.7 Å².